The first-order chi connectivity index (χ1) is 13.9. The number of nitrogens with zero attached hydrogens (tertiary/aromatic N) is 4. The second kappa shape index (κ2) is 7.89. The van der Waals surface area contributed by atoms with Gasteiger partial charge in [0.05, 0.1) is 30.3 Å². The summed E-state index contributed by atoms with van der Waals surface area (Å²) in [6.45, 7) is 1.68. The Morgan fingerprint density at radius 3 is 2.55 bits per heavy atom. The van der Waals surface area contributed by atoms with Crippen molar-refractivity contribution in [1.82, 2.24) is 19.2 Å². The third-order valence-electron chi connectivity index (χ3n) is 5.80. The van der Waals surface area contributed by atoms with E-state index in [-0.39, 0.29) is 17.5 Å². The van der Waals surface area contributed by atoms with E-state index in [9.17, 15) is 8.42 Å². The molecule has 4 rings (SSSR count). The topological polar surface area (TPSA) is 87.7 Å². The molecule has 0 amide bonds. The van der Waals surface area contributed by atoms with Gasteiger partial charge in [0.1, 0.15) is 17.4 Å². The SMILES string of the molecule is CNc1nc(C2CCCN2C)nc2c1CCN(S(=O)(=O)c1ccc(OC)cc1)C2. The zero-order valence-electron chi connectivity index (χ0n) is 17.1. The molecule has 2 aromatic rings. The quantitative estimate of drug-likeness (QED) is 0.796. The van der Waals surface area contributed by atoms with E-state index in [1.54, 1.807) is 31.4 Å². The molecule has 1 N–H and O–H groups in total. The zero-order chi connectivity index (χ0) is 20.6. The number of rotatable bonds is 5. The van der Waals surface area contributed by atoms with Crippen molar-refractivity contribution < 1.29 is 13.2 Å². The maximum Gasteiger partial charge on any atom is 0.243 e. The lowest BCUT2D eigenvalue weighted by Crippen LogP contribution is -2.37. The van der Waals surface area contributed by atoms with Gasteiger partial charge in [-0.05, 0) is 57.1 Å². The van der Waals surface area contributed by atoms with Gasteiger partial charge in [0.2, 0.25) is 10.0 Å². The Morgan fingerprint density at radius 1 is 1.17 bits per heavy atom. The lowest BCUT2D eigenvalue weighted by atomic mass is 10.1. The van der Waals surface area contributed by atoms with Gasteiger partial charge in [-0.2, -0.15) is 4.31 Å². The van der Waals surface area contributed by atoms with Crippen LogP contribution in [0.2, 0.25) is 0 Å². The standard InChI is InChI=1S/C20H27N5O3S/c1-21-19-16-10-12-25(29(26,27)15-8-6-14(28-3)7-9-15)13-17(16)22-20(23-19)18-5-4-11-24(18)2/h6-9,18H,4-5,10-13H2,1-3H3,(H,21,22,23). The van der Waals surface area contributed by atoms with Crippen LogP contribution in [-0.4, -0.2) is 61.9 Å². The molecule has 8 nitrogen and oxygen atoms in total. The second-order valence-electron chi connectivity index (χ2n) is 7.51. The molecule has 1 saturated heterocycles. The number of methoxy groups -OCH3 is 1. The molecule has 1 aromatic carbocycles. The fourth-order valence-electron chi connectivity index (χ4n) is 4.12. The van der Waals surface area contributed by atoms with Crippen molar-refractivity contribution in [2.75, 3.05) is 39.6 Å². The fraction of sp³-hybridized carbons (Fsp3) is 0.500. The number of hydrogen-bond donors (Lipinski definition) is 1. The Kier molecular flexibility index (Phi) is 5.46. The molecule has 0 saturated carbocycles. The number of anilines is 1. The molecule has 3 heterocycles. The molecule has 1 atom stereocenters. The lowest BCUT2D eigenvalue weighted by molar-refractivity contribution is 0.303. The Balaban J connectivity index is 1.66. The van der Waals surface area contributed by atoms with Gasteiger partial charge >= 0.3 is 0 Å². The highest BCUT2D eigenvalue weighted by molar-refractivity contribution is 7.89. The number of fused-ring (bicyclic) bond motifs is 1. The largest absolute Gasteiger partial charge is 0.497 e. The summed E-state index contributed by atoms with van der Waals surface area (Å²) in [6, 6.07) is 6.68. The number of nitrogens with one attached hydrogen (secondary N) is 1. The molecule has 0 bridgehead atoms. The molecule has 156 valence electrons. The van der Waals surface area contributed by atoms with Gasteiger partial charge in [-0.25, -0.2) is 18.4 Å². The van der Waals surface area contributed by atoms with E-state index >= 15 is 0 Å². The summed E-state index contributed by atoms with van der Waals surface area (Å²) in [5.41, 5.74) is 1.81. The number of benzene rings is 1. The van der Waals surface area contributed by atoms with Gasteiger partial charge in [-0.3, -0.25) is 4.90 Å². The van der Waals surface area contributed by atoms with E-state index in [1.807, 2.05) is 7.05 Å². The molecule has 1 unspecified atom stereocenters. The molecule has 1 fully saturated rings. The van der Waals surface area contributed by atoms with Crippen LogP contribution >= 0.6 is 0 Å². The van der Waals surface area contributed by atoms with Gasteiger partial charge in [0.25, 0.3) is 0 Å². The predicted octanol–water partition coefficient (Wildman–Crippen LogP) is 2.04. The molecule has 0 aliphatic carbocycles. The lowest BCUT2D eigenvalue weighted by Gasteiger charge is -2.29. The van der Waals surface area contributed by atoms with Gasteiger partial charge in [-0.15, -0.1) is 0 Å². The van der Waals surface area contributed by atoms with Crippen LogP contribution in [0.1, 0.15) is 36.0 Å². The second-order valence-corrected chi connectivity index (χ2v) is 9.45. The van der Waals surface area contributed by atoms with Crippen LogP contribution in [0.4, 0.5) is 5.82 Å². The minimum atomic E-state index is -3.61. The Labute approximate surface area is 172 Å². The number of ether oxygens (including phenoxy) is 1. The number of aromatic nitrogens is 2. The summed E-state index contributed by atoms with van der Waals surface area (Å²) < 4.78 is 33.0. The average Bonchev–Trinajstić information content (AvgIpc) is 3.18. The molecule has 0 radical (unpaired) electrons. The van der Waals surface area contributed by atoms with Crippen molar-refractivity contribution in [3.8, 4) is 5.75 Å². The highest BCUT2D eigenvalue weighted by atomic mass is 32.2. The van der Waals surface area contributed by atoms with Crippen molar-refractivity contribution in [1.29, 1.82) is 0 Å². The van der Waals surface area contributed by atoms with Crippen LogP contribution in [0.3, 0.4) is 0 Å². The van der Waals surface area contributed by atoms with Crippen LogP contribution in [0.25, 0.3) is 0 Å². The molecule has 1 aromatic heterocycles. The number of likely N-dealkylation sites (tertiary alicyclic amines) is 1. The van der Waals surface area contributed by atoms with E-state index in [0.717, 1.165) is 42.3 Å². The van der Waals surface area contributed by atoms with E-state index in [4.69, 9.17) is 14.7 Å². The normalized spacial score (nSPS) is 20.4. The summed E-state index contributed by atoms with van der Waals surface area (Å²) in [5.74, 6) is 2.22. The van der Waals surface area contributed by atoms with Crippen molar-refractivity contribution in [2.24, 2.45) is 0 Å². The number of sulfonamides is 1. The van der Waals surface area contributed by atoms with Crippen LogP contribution in [0.15, 0.2) is 29.2 Å². The van der Waals surface area contributed by atoms with Crippen LogP contribution in [0, 0.1) is 0 Å². The maximum absolute atomic E-state index is 13.2. The molecular weight excluding hydrogens is 390 g/mol. The number of hydrogen-bond acceptors (Lipinski definition) is 7. The van der Waals surface area contributed by atoms with E-state index in [1.165, 1.54) is 4.31 Å². The van der Waals surface area contributed by atoms with Gasteiger partial charge in [0.15, 0.2) is 0 Å². The monoisotopic (exact) mass is 417 g/mol. The van der Waals surface area contributed by atoms with Crippen LogP contribution in [0.5, 0.6) is 5.75 Å². The summed E-state index contributed by atoms with van der Waals surface area (Å²) in [4.78, 5) is 12.1. The molecule has 2 aliphatic rings. The minimum absolute atomic E-state index is 0.181. The van der Waals surface area contributed by atoms with E-state index < -0.39 is 10.0 Å². The smallest absolute Gasteiger partial charge is 0.243 e. The van der Waals surface area contributed by atoms with Crippen LogP contribution < -0.4 is 10.1 Å². The first-order valence-corrected chi connectivity index (χ1v) is 11.3. The summed E-state index contributed by atoms with van der Waals surface area (Å²) in [7, 11) is 1.89. The molecule has 0 spiro atoms. The summed E-state index contributed by atoms with van der Waals surface area (Å²) in [6.07, 6.45) is 2.72. The van der Waals surface area contributed by atoms with Crippen LogP contribution in [-0.2, 0) is 23.0 Å². The Hall–Kier alpha value is -2.23. The minimum Gasteiger partial charge on any atom is -0.497 e. The summed E-state index contributed by atoms with van der Waals surface area (Å²) >= 11 is 0. The molecular formula is C20H27N5O3S. The Bertz CT molecular complexity index is 994. The highest BCUT2D eigenvalue weighted by Gasteiger charge is 2.33. The first-order valence-electron chi connectivity index (χ1n) is 9.86. The average molecular weight is 418 g/mol. The van der Waals surface area contributed by atoms with Crippen molar-refractivity contribution >= 4 is 15.8 Å². The zero-order valence-corrected chi connectivity index (χ0v) is 17.9. The maximum atomic E-state index is 13.2. The molecule has 9 heteroatoms. The molecule has 29 heavy (non-hydrogen) atoms. The Morgan fingerprint density at radius 2 is 1.93 bits per heavy atom. The summed E-state index contributed by atoms with van der Waals surface area (Å²) in [5, 5.41) is 3.18. The third kappa shape index (κ3) is 3.70. The van der Waals surface area contributed by atoms with Crippen molar-refractivity contribution in [2.45, 2.75) is 36.7 Å². The van der Waals surface area contributed by atoms with Gasteiger partial charge < -0.3 is 10.1 Å². The van der Waals surface area contributed by atoms with Crippen molar-refractivity contribution in [3.05, 3.63) is 41.3 Å². The van der Waals surface area contributed by atoms with E-state index in [2.05, 4.69) is 17.3 Å². The predicted molar refractivity (Wildman–Crippen MR) is 110 cm³/mol. The van der Waals surface area contributed by atoms with Crippen molar-refractivity contribution in [3.63, 3.8) is 0 Å². The van der Waals surface area contributed by atoms with Gasteiger partial charge in [0, 0.05) is 19.2 Å². The molecule has 2 aliphatic heterocycles. The third-order valence-corrected chi connectivity index (χ3v) is 7.66. The first kappa shape index (κ1) is 20.1. The van der Waals surface area contributed by atoms with Gasteiger partial charge in [-0.1, -0.05) is 0 Å². The van der Waals surface area contributed by atoms with E-state index in [0.29, 0.717) is 18.7 Å². The fourth-order valence-corrected chi connectivity index (χ4v) is 5.52. The highest BCUT2D eigenvalue weighted by Crippen LogP contribution is 2.33.